The van der Waals surface area contributed by atoms with E-state index in [1.807, 2.05) is 36.1 Å². The van der Waals surface area contributed by atoms with Gasteiger partial charge in [0.05, 0.1) is 12.5 Å². The summed E-state index contributed by atoms with van der Waals surface area (Å²) in [6.07, 6.45) is -1.02. The molecule has 3 heterocycles. The van der Waals surface area contributed by atoms with E-state index in [0.717, 1.165) is 22.3 Å². The third-order valence-corrected chi connectivity index (χ3v) is 7.52. The smallest absolute Gasteiger partial charge is 0.170 e. The predicted octanol–water partition coefficient (Wildman–Crippen LogP) is 1.09. The van der Waals surface area contributed by atoms with Crippen LogP contribution in [0, 0.1) is 0 Å². The number of aliphatic hydroxyl groups is 2. The number of nitrogens with two attached hydrogens (primary N) is 1. The normalized spacial score (nSPS) is 34.0. The lowest BCUT2D eigenvalue weighted by molar-refractivity contribution is -0.154. The Labute approximate surface area is 197 Å². The van der Waals surface area contributed by atoms with Crippen LogP contribution < -0.4 is 5.73 Å². The monoisotopic (exact) mass is 461 g/mol. The van der Waals surface area contributed by atoms with E-state index in [2.05, 4.69) is 29.3 Å². The zero-order chi connectivity index (χ0) is 23.7. The Balaban J connectivity index is 1.42. The van der Waals surface area contributed by atoms with Gasteiger partial charge in [-0.25, -0.2) is 9.98 Å². The van der Waals surface area contributed by atoms with Crippen LogP contribution in [0.15, 0.2) is 63.5 Å². The van der Waals surface area contributed by atoms with Gasteiger partial charge in [-0.2, -0.15) is 0 Å². The van der Waals surface area contributed by atoms with Crippen molar-refractivity contribution < 1.29 is 19.7 Å². The molecule has 9 nitrogen and oxygen atoms in total. The Morgan fingerprint density at radius 1 is 1.15 bits per heavy atom. The maximum atomic E-state index is 10.7. The Bertz CT molecular complexity index is 1200. The van der Waals surface area contributed by atoms with Gasteiger partial charge in [0, 0.05) is 7.11 Å². The third kappa shape index (κ3) is 2.70. The highest BCUT2D eigenvalue weighted by Gasteiger charge is 2.60. The summed E-state index contributed by atoms with van der Waals surface area (Å²) in [4.78, 5) is 15.9. The fourth-order valence-corrected chi connectivity index (χ4v) is 5.95. The minimum Gasteiger partial charge on any atom is -0.394 e. The van der Waals surface area contributed by atoms with E-state index in [-0.39, 0.29) is 19.2 Å². The van der Waals surface area contributed by atoms with Gasteiger partial charge in [0.25, 0.3) is 0 Å². The number of hydrogen-bond acceptors (Lipinski definition) is 9. The first-order valence-electron chi connectivity index (χ1n) is 11.3. The van der Waals surface area contributed by atoms with E-state index >= 15 is 0 Å². The van der Waals surface area contributed by atoms with Gasteiger partial charge in [-0.15, -0.1) is 0 Å². The summed E-state index contributed by atoms with van der Waals surface area (Å²) in [5.74, 6) is 0.293. The first kappa shape index (κ1) is 21.6. The van der Waals surface area contributed by atoms with Crippen LogP contribution in [-0.2, 0) is 9.47 Å². The number of benzene rings is 2. The fraction of sp³-hybridized carbons (Fsp3) is 0.400. The van der Waals surface area contributed by atoms with Crippen molar-refractivity contribution in [1.82, 2.24) is 4.90 Å². The minimum absolute atomic E-state index is 0.216. The summed E-state index contributed by atoms with van der Waals surface area (Å²) in [7, 11) is 1.51. The first-order valence-corrected chi connectivity index (χ1v) is 11.3. The SMILES string of the molecule is CO[C@@H]1[C@H](O)[C@@H](CO)O[C@@]1(C)N1CN=C2C1=NC=NC2(N)C1c2ccccc2-c2ccccc21. The third-order valence-electron chi connectivity index (χ3n) is 7.52. The predicted molar refractivity (Wildman–Crippen MR) is 128 cm³/mol. The van der Waals surface area contributed by atoms with Crippen LogP contribution in [0.2, 0.25) is 0 Å². The summed E-state index contributed by atoms with van der Waals surface area (Å²) < 4.78 is 11.7. The van der Waals surface area contributed by atoms with Crippen molar-refractivity contribution in [3.05, 3.63) is 59.7 Å². The van der Waals surface area contributed by atoms with Gasteiger partial charge in [-0.3, -0.25) is 4.99 Å². The highest BCUT2D eigenvalue weighted by Crippen LogP contribution is 2.51. The van der Waals surface area contributed by atoms with E-state index in [4.69, 9.17) is 25.2 Å². The molecule has 0 amide bonds. The highest BCUT2D eigenvalue weighted by atomic mass is 16.6. The Hall–Kier alpha value is -2.95. The van der Waals surface area contributed by atoms with Crippen molar-refractivity contribution >= 4 is 17.9 Å². The van der Waals surface area contributed by atoms with Crippen LogP contribution in [0.3, 0.4) is 0 Å². The molecule has 34 heavy (non-hydrogen) atoms. The number of methoxy groups -OCH3 is 1. The van der Waals surface area contributed by atoms with Gasteiger partial charge in [-0.05, 0) is 29.2 Å². The van der Waals surface area contributed by atoms with Crippen molar-refractivity contribution in [2.24, 2.45) is 20.7 Å². The fourth-order valence-electron chi connectivity index (χ4n) is 5.95. The van der Waals surface area contributed by atoms with Gasteiger partial charge in [0.2, 0.25) is 0 Å². The number of hydrogen-bond donors (Lipinski definition) is 3. The van der Waals surface area contributed by atoms with Crippen LogP contribution in [0.4, 0.5) is 0 Å². The Kier molecular flexibility index (Phi) is 4.78. The molecule has 0 bridgehead atoms. The molecule has 3 aliphatic heterocycles. The second kappa shape index (κ2) is 7.53. The van der Waals surface area contributed by atoms with E-state index < -0.39 is 29.7 Å². The number of aliphatic imine (C=N–C) groups is 3. The molecular weight excluding hydrogens is 434 g/mol. The van der Waals surface area contributed by atoms with Crippen molar-refractivity contribution in [1.29, 1.82) is 0 Å². The van der Waals surface area contributed by atoms with Crippen LogP contribution in [0.25, 0.3) is 11.1 Å². The summed E-state index contributed by atoms with van der Waals surface area (Å²) in [6.45, 7) is 1.70. The van der Waals surface area contributed by atoms with Crippen LogP contribution in [0.1, 0.15) is 24.0 Å². The number of ether oxygens (including phenoxy) is 2. The molecule has 6 rings (SSSR count). The van der Waals surface area contributed by atoms with Crippen molar-refractivity contribution in [3.8, 4) is 11.1 Å². The lowest BCUT2D eigenvalue weighted by Crippen LogP contribution is -2.62. The quantitative estimate of drug-likeness (QED) is 0.626. The summed E-state index contributed by atoms with van der Waals surface area (Å²) in [6, 6.07) is 16.5. The molecule has 176 valence electrons. The zero-order valence-electron chi connectivity index (χ0n) is 19.0. The number of fused-ring (bicyclic) bond motifs is 4. The van der Waals surface area contributed by atoms with Crippen molar-refractivity contribution in [2.45, 2.75) is 42.5 Å². The van der Waals surface area contributed by atoms with E-state index in [0.29, 0.717) is 11.5 Å². The number of aliphatic hydroxyl groups excluding tert-OH is 2. The summed E-state index contributed by atoms with van der Waals surface area (Å²) in [5, 5.41) is 20.4. The van der Waals surface area contributed by atoms with Gasteiger partial charge in [0.1, 0.15) is 37.0 Å². The number of amidine groups is 1. The van der Waals surface area contributed by atoms with Crippen LogP contribution >= 0.6 is 0 Å². The van der Waals surface area contributed by atoms with E-state index in [1.54, 1.807) is 0 Å². The molecule has 1 aliphatic carbocycles. The van der Waals surface area contributed by atoms with Crippen LogP contribution in [-0.4, -0.2) is 83.1 Å². The molecule has 2 aromatic carbocycles. The number of nitrogens with zero attached hydrogens (tertiary/aromatic N) is 4. The Morgan fingerprint density at radius 3 is 2.41 bits per heavy atom. The van der Waals surface area contributed by atoms with Gasteiger partial charge in [0.15, 0.2) is 17.2 Å². The molecule has 0 saturated carbocycles. The second-order valence-corrected chi connectivity index (χ2v) is 9.25. The largest absolute Gasteiger partial charge is 0.394 e. The molecule has 1 fully saturated rings. The van der Waals surface area contributed by atoms with Crippen molar-refractivity contribution in [3.63, 3.8) is 0 Å². The average molecular weight is 462 g/mol. The molecule has 4 N–H and O–H groups in total. The first-order chi connectivity index (χ1) is 16.4. The lowest BCUT2D eigenvalue weighted by atomic mass is 9.80. The summed E-state index contributed by atoms with van der Waals surface area (Å²) >= 11 is 0. The molecule has 5 atom stereocenters. The molecule has 1 unspecified atom stereocenters. The molecule has 2 aromatic rings. The molecule has 0 aromatic heterocycles. The standard InChI is InChI=1S/C25H27N5O4/c1-24(22(33-2)20(32)18(11-31)34-24)30-13-28-21-23(30)27-12-29-25(21,26)19-16-9-5-3-7-14(16)15-8-4-6-10-17(15)19/h3-10,12,18-20,22,31-32H,11,13,26H2,1-2H3/t18-,20-,22-,24-,25?/m1/s1. The topological polar surface area (TPSA) is 125 Å². The molecule has 1 saturated heterocycles. The van der Waals surface area contributed by atoms with Crippen LogP contribution in [0.5, 0.6) is 0 Å². The molecule has 4 aliphatic rings. The van der Waals surface area contributed by atoms with E-state index in [1.165, 1.54) is 13.4 Å². The highest BCUT2D eigenvalue weighted by molar-refractivity contribution is 6.47. The van der Waals surface area contributed by atoms with E-state index in [9.17, 15) is 10.2 Å². The van der Waals surface area contributed by atoms with Gasteiger partial charge in [-0.1, -0.05) is 48.5 Å². The van der Waals surface area contributed by atoms with Gasteiger partial charge >= 0.3 is 0 Å². The second-order valence-electron chi connectivity index (χ2n) is 9.25. The maximum Gasteiger partial charge on any atom is 0.170 e. The Morgan fingerprint density at radius 2 is 1.79 bits per heavy atom. The average Bonchev–Trinajstić information content (AvgIpc) is 3.50. The number of rotatable bonds is 4. The minimum atomic E-state index is -1.18. The summed E-state index contributed by atoms with van der Waals surface area (Å²) in [5.41, 5.74) is 9.88. The van der Waals surface area contributed by atoms with Gasteiger partial charge < -0.3 is 30.3 Å². The lowest BCUT2D eigenvalue weighted by Gasteiger charge is -2.41. The molecular formula is C25H27N5O4. The molecule has 9 heteroatoms. The molecule has 0 spiro atoms. The zero-order valence-corrected chi connectivity index (χ0v) is 19.0. The van der Waals surface area contributed by atoms with Crippen molar-refractivity contribution in [2.75, 3.05) is 20.4 Å². The molecule has 0 radical (unpaired) electrons. The maximum absolute atomic E-state index is 10.7.